The molecule has 0 spiro atoms. The molecule has 1 aromatic heterocycles. The van der Waals surface area contributed by atoms with Crippen LogP contribution in [0.15, 0.2) is 84.9 Å². The molecule has 12 heteroatoms. The van der Waals surface area contributed by atoms with Crippen molar-refractivity contribution in [2.45, 2.75) is 57.0 Å². The molecule has 0 bridgehead atoms. The summed E-state index contributed by atoms with van der Waals surface area (Å²) < 4.78 is 7.05. The zero-order valence-electron chi connectivity index (χ0n) is 32.9. The van der Waals surface area contributed by atoms with Crippen LogP contribution < -0.4 is 10.1 Å². The van der Waals surface area contributed by atoms with Gasteiger partial charge in [0.25, 0.3) is 5.91 Å². The predicted octanol–water partition coefficient (Wildman–Crippen LogP) is 6.94. The van der Waals surface area contributed by atoms with Crippen molar-refractivity contribution in [2.24, 2.45) is 5.92 Å². The highest BCUT2D eigenvalue weighted by Crippen LogP contribution is 2.42. The molecule has 0 aliphatic carbocycles. The van der Waals surface area contributed by atoms with Crippen LogP contribution >= 0.6 is 11.3 Å². The Morgan fingerprint density at radius 3 is 2.19 bits per heavy atom. The van der Waals surface area contributed by atoms with Gasteiger partial charge in [-0.15, -0.1) is 11.3 Å². The van der Waals surface area contributed by atoms with Crippen LogP contribution in [0.25, 0.3) is 20.5 Å². The maximum absolute atomic E-state index is 14.0. The number of ether oxygens (including phenoxy) is 1. The molecule has 5 heterocycles. The number of phenols is 2. The fraction of sp³-hybridized carbons (Fsp3) is 0.362. The average Bonchev–Trinajstić information content (AvgIpc) is 3.79. The molecule has 304 valence electrons. The summed E-state index contributed by atoms with van der Waals surface area (Å²) in [5, 5.41) is 23.1. The Balaban J connectivity index is 0.717. The molecule has 3 saturated heterocycles. The molecule has 59 heavy (non-hydrogen) atoms. The Morgan fingerprint density at radius 2 is 1.47 bits per heavy atom. The van der Waals surface area contributed by atoms with E-state index in [9.17, 15) is 29.4 Å². The monoisotopic (exact) mass is 812 g/mol. The fourth-order valence-corrected chi connectivity index (χ4v) is 10.4. The van der Waals surface area contributed by atoms with Crippen molar-refractivity contribution in [1.82, 2.24) is 20.0 Å². The van der Waals surface area contributed by atoms with Crippen molar-refractivity contribution in [1.29, 1.82) is 0 Å². The molecule has 1 unspecified atom stereocenters. The zero-order chi connectivity index (χ0) is 40.6. The first kappa shape index (κ1) is 38.9. The summed E-state index contributed by atoms with van der Waals surface area (Å²) in [6, 6.07) is 24.9. The molecule has 4 aliphatic rings. The Bertz CT molecular complexity index is 2400. The van der Waals surface area contributed by atoms with Crippen molar-refractivity contribution < 1.29 is 34.1 Å². The van der Waals surface area contributed by atoms with Gasteiger partial charge in [0, 0.05) is 57.7 Å². The second-order valence-corrected chi connectivity index (χ2v) is 17.5. The van der Waals surface area contributed by atoms with Gasteiger partial charge in [0.05, 0.1) is 6.61 Å². The number of phenolic OH excluding ortho intramolecular Hbond substituents is 2. The maximum Gasteiger partial charge on any atom is 0.255 e. The van der Waals surface area contributed by atoms with Gasteiger partial charge in [0.2, 0.25) is 11.8 Å². The fourth-order valence-electron chi connectivity index (χ4n) is 9.19. The molecule has 3 amide bonds. The number of carbonyl (C=O) groups excluding carboxylic acids is 4. The number of rotatable bonds is 11. The summed E-state index contributed by atoms with van der Waals surface area (Å²) in [4.78, 5) is 58.7. The SMILES string of the molecule is O=C1CCC(N2Cc3cc(C4CCN(CCN5CCC(COc6ccc(C(=O)c7c(-c8ccc(O)cc8)sc8cc(O)ccc78)cc6)CC5)CC4)ccc3C2=O)C(=O)N1. The smallest absolute Gasteiger partial charge is 0.255 e. The molecule has 3 N–H and O–H groups in total. The first-order chi connectivity index (χ1) is 28.7. The lowest BCUT2D eigenvalue weighted by Gasteiger charge is -2.36. The average molecular weight is 813 g/mol. The zero-order valence-corrected chi connectivity index (χ0v) is 33.7. The second-order valence-electron chi connectivity index (χ2n) is 16.4. The lowest BCUT2D eigenvalue weighted by Crippen LogP contribution is -2.52. The van der Waals surface area contributed by atoms with Crippen LogP contribution in [0.4, 0.5) is 0 Å². The van der Waals surface area contributed by atoms with E-state index in [2.05, 4.69) is 27.2 Å². The van der Waals surface area contributed by atoms with E-state index >= 15 is 0 Å². The minimum Gasteiger partial charge on any atom is -0.508 e. The van der Waals surface area contributed by atoms with Gasteiger partial charge in [-0.05, 0) is 160 Å². The van der Waals surface area contributed by atoms with Gasteiger partial charge in [0.15, 0.2) is 5.78 Å². The van der Waals surface area contributed by atoms with E-state index in [1.165, 1.54) is 16.9 Å². The number of benzene rings is 4. The van der Waals surface area contributed by atoms with Crippen LogP contribution in [0.3, 0.4) is 0 Å². The first-order valence-corrected chi connectivity index (χ1v) is 21.5. The lowest BCUT2D eigenvalue weighted by atomic mass is 9.88. The number of aromatic hydroxyl groups is 2. The number of nitrogens with one attached hydrogen (secondary N) is 1. The number of likely N-dealkylation sites (tertiary alicyclic amines) is 2. The van der Waals surface area contributed by atoms with Crippen molar-refractivity contribution >= 4 is 44.9 Å². The highest BCUT2D eigenvalue weighted by Gasteiger charge is 2.39. The minimum atomic E-state index is -0.589. The summed E-state index contributed by atoms with van der Waals surface area (Å²) in [5.41, 5.74) is 4.89. The Labute approximate surface area is 347 Å². The molecule has 1 atom stereocenters. The van der Waals surface area contributed by atoms with E-state index in [0.717, 1.165) is 96.8 Å². The largest absolute Gasteiger partial charge is 0.508 e. The van der Waals surface area contributed by atoms with Crippen molar-refractivity contribution in [2.75, 3.05) is 45.9 Å². The highest BCUT2D eigenvalue weighted by atomic mass is 32.1. The minimum absolute atomic E-state index is 0.104. The summed E-state index contributed by atoms with van der Waals surface area (Å²) >= 11 is 1.45. The van der Waals surface area contributed by atoms with Gasteiger partial charge < -0.3 is 29.6 Å². The van der Waals surface area contributed by atoms with Crippen LogP contribution in [0, 0.1) is 5.92 Å². The molecule has 3 fully saturated rings. The Hall–Kier alpha value is -5.56. The first-order valence-electron chi connectivity index (χ1n) is 20.7. The van der Waals surface area contributed by atoms with Crippen molar-refractivity contribution in [3.05, 3.63) is 113 Å². The van der Waals surface area contributed by atoms with Crippen LogP contribution in [0.5, 0.6) is 17.2 Å². The molecule has 11 nitrogen and oxygen atoms in total. The molecule has 0 saturated carbocycles. The lowest BCUT2D eigenvalue weighted by molar-refractivity contribution is -0.136. The Kier molecular flexibility index (Phi) is 11.0. The number of piperidine rings is 3. The van der Waals surface area contributed by atoms with Gasteiger partial charge in [0.1, 0.15) is 23.3 Å². The van der Waals surface area contributed by atoms with Crippen molar-refractivity contribution in [3.63, 3.8) is 0 Å². The number of amides is 3. The van der Waals surface area contributed by atoms with E-state index in [1.54, 1.807) is 47.4 Å². The van der Waals surface area contributed by atoms with Crippen LogP contribution in [0.2, 0.25) is 0 Å². The van der Waals surface area contributed by atoms with E-state index in [-0.39, 0.29) is 41.4 Å². The van der Waals surface area contributed by atoms with Gasteiger partial charge in [-0.3, -0.25) is 24.5 Å². The van der Waals surface area contributed by atoms with Crippen LogP contribution in [-0.4, -0.2) is 100 Å². The van der Waals surface area contributed by atoms with Crippen LogP contribution in [0.1, 0.15) is 81.8 Å². The van der Waals surface area contributed by atoms with Gasteiger partial charge in [-0.1, -0.05) is 12.1 Å². The number of ketones is 1. The number of thiophene rings is 1. The summed E-state index contributed by atoms with van der Waals surface area (Å²) in [7, 11) is 0. The van der Waals surface area contributed by atoms with Gasteiger partial charge in [-0.2, -0.15) is 0 Å². The molecular weight excluding hydrogens is 765 g/mol. The third kappa shape index (κ3) is 8.21. The van der Waals surface area contributed by atoms with E-state index in [1.807, 2.05) is 30.3 Å². The number of carbonyl (C=O) groups is 4. The quantitative estimate of drug-likeness (QED) is 0.0957. The van der Waals surface area contributed by atoms with E-state index in [4.69, 9.17) is 4.74 Å². The van der Waals surface area contributed by atoms with Gasteiger partial charge in [-0.25, -0.2) is 0 Å². The number of nitrogens with zero attached hydrogens (tertiary/aromatic N) is 3. The number of hydrogen-bond donors (Lipinski definition) is 3. The van der Waals surface area contributed by atoms with Crippen molar-refractivity contribution in [3.8, 4) is 27.7 Å². The number of imide groups is 1. The third-order valence-corrected chi connectivity index (χ3v) is 13.9. The summed E-state index contributed by atoms with van der Waals surface area (Å²) in [6.45, 7) is 7.37. The maximum atomic E-state index is 14.0. The molecule has 4 aromatic carbocycles. The number of fused-ring (bicyclic) bond motifs is 2. The van der Waals surface area contributed by atoms with E-state index < -0.39 is 6.04 Å². The predicted molar refractivity (Wildman–Crippen MR) is 226 cm³/mol. The van der Waals surface area contributed by atoms with Crippen LogP contribution in [-0.2, 0) is 16.1 Å². The molecular formula is C47H48N4O7S. The standard InChI is InChI=1S/C47H48N4O7S/c52-35-6-1-32(2-7-35)45-43(39-12-8-36(53)26-41(39)59-45)44(55)31-3-9-37(10-4-31)58-28-29-15-19-49(20-16-29)23-24-50-21-17-30(18-22-50)33-5-11-38-34(25-33)27-51(47(38)57)40-13-14-42(54)48-46(40)56/h1-12,25-26,29-30,40,52-53H,13-24,27-28H2,(H,48,54,56). The Morgan fingerprint density at radius 1 is 0.780 bits per heavy atom. The topological polar surface area (TPSA) is 140 Å². The summed E-state index contributed by atoms with van der Waals surface area (Å²) in [6.07, 6.45) is 4.96. The normalized spacial score (nSPS) is 19.6. The van der Waals surface area contributed by atoms with Gasteiger partial charge >= 0.3 is 0 Å². The summed E-state index contributed by atoms with van der Waals surface area (Å²) in [5.74, 6) is 1.10. The highest BCUT2D eigenvalue weighted by molar-refractivity contribution is 7.22. The molecule has 0 radical (unpaired) electrons. The molecule has 4 aliphatic heterocycles. The molecule has 5 aromatic rings. The third-order valence-electron chi connectivity index (χ3n) is 12.7. The molecule has 9 rings (SSSR count). The second kappa shape index (κ2) is 16.6. The van der Waals surface area contributed by atoms with E-state index in [0.29, 0.717) is 48.1 Å². The number of hydrogen-bond acceptors (Lipinski definition) is 10.